The number of nitrogens with two attached hydrogens (primary N) is 1. The highest BCUT2D eigenvalue weighted by atomic mass is 16.1. The average molecular weight is 291 g/mol. The van der Waals surface area contributed by atoms with Crippen LogP contribution in [0.2, 0.25) is 0 Å². The molecule has 0 aromatic heterocycles. The molecular weight excluding hydrogens is 278 g/mol. The summed E-state index contributed by atoms with van der Waals surface area (Å²) in [5, 5.41) is 19.6. The molecule has 0 aliphatic heterocycles. The third-order valence-corrected chi connectivity index (χ3v) is 2.84. The molecule has 6 heteroatoms. The minimum absolute atomic E-state index is 0.0721. The van der Waals surface area contributed by atoms with Gasteiger partial charge in [-0.2, -0.15) is 10.4 Å². The van der Waals surface area contributed by atoms with E-state index in [4.69, 9.17) is 16.4 Å². The second-order valence-corrected chi connectivity index (χ2v) is 4.37. The normalized spacial score (nSPS) is 10.6. The zero-order chi connectivity index (χ0) is 15.9. The van der Waals surface area contributed by atoms with E-state index in [0.29, 0.717) is 16.8 Å². The van der Waals surface area contributed by atoms with Crippen LogP contribution in [0.4, 0.5) is 5.69 Å². The maximum atomic E-state index is 12.2. The number of benzene rings is 2. The molecular formula is C16H13N5O. The van der Waals surface area contributed by atoms with Crippen LogP contribution in [0.1, 0.15) is 15.9 Å². The van der Waals surface area contributed by atoms with E-state index < -0.39 is 5.84 Å². The Morgan fingerprint density at radius 1 is 1.09 bits per heavy atom. The fourth-order valence-corrected chi connectivity index (χ4v) is 1.72. The molecule has 0 fully saturated rings. The van der Waals surface area contributed by atoms with Crippen LogP contribution < -0.4 is 11.2 Å². The summed E-state index contributed by atoms with van der Waals surface area (Å²) >= 11 is 0. The lowest BCUT2D eigenvalue weighted by molar-refractivity contribution is 0.103. The third-order valence-electron chi connectivity index (χ3n) is 2.84. The molecule has 0 radical (unpaired) electrons. The maximum absolute atomic E-state index is 12.2. The van der Waals surface area contributed by atoms with Gasteiger partial charge in [-0.25, -0.2) is 0 Å². The molecule has 0 spiro atoms. The number of anilines is 1. The van der Waals surface area contributed by atoms with Gasteiger partial charge in [0.15, 0.2) is 11.6 Å². The first-order valence-corrected chi connectivity index (χ1v) is 6.40. The summed E-state index contributed by atoms with van der Waals surface area (Å²) in [6.07, 6.45) is 0. The molecule has 0 saturated carbocycles. The molecule has 0 heterocycles. The van der Waals surface area contributed by atoms with Gasteiger partial charge in [-0.3, -0.25) is 15.6 Å². The molecule has 0 aliphatic rings. The quantitative estimate of drug-likeness (QED) is 0.339. The Morgan fingerprint density at radius 2 is 1.68 bits per heavy atom. The average Bonchev–Trinajstić information content (AvgIpc) is 2.56. The van der Waals surface area contributed by atoms with Gasteiger partial charge in [-0.1, -0.05) is 30.3 Å². The van der Waals surface area contributed by atoms with E-state index >= 15 is 0 Å². The van der Waals surface area contributed by atoms with Crippen molar-refractivity contribution in [2.75, 3.05) is 5.43 Å². The van der Waals surface area contributed by atoms with Crippen LogP contribution in [-0.4, -0.2) is 17.3 Å². The van der Waals surface area contributed by atoms with Crippen molar-refractivity contribution in [1.29, 1.82) is 10.7 Å². The molecule has 0 unspecified atom stereocenters. The number of amidine groups is 1. The molecule has 22 heavy (non-hydrogen) atoms. The molecule has 2 aromatic rings. The Bertz CT molecular complexity index is 757. The van der Waals surface area contributed by atoms with Crippen LogP contribution in [0, 0.1) is 16.7 Å². The van der Waals surface area contributed by atoms with Crippen LogP contribution in [0.3, 0.4) is 0 Å². The zero-order valence-corrected chi connectivity index (χ0v) is 11.6. The summed E-state index contributed by atoms with van der Waals surface area (Å²) in [5.41, 5.74) is 9.34. The molecule has 0 amide bonds. The third kappa shape index (κ3) is 3.55. The fourth-order valence-electron chi connectivity index (χ4n) is 1.72. The summed E-state index contributed by atoms with van der Waals surface area (Å²) in [7, 11) is 0. The number of hydrogen-bond donors (Lipinski definition) is 3. The van der Waals surface area contributed by atoms with Crippen molar-refractivity contribution in [3.63, 3.8) is 0 Å². The monoisotopic (exact) mass is 291 g/mol. The second-order valence-electron chi connectivity index (χ2n) is 4.37. The summed E-state index contributed by atoms with van der Waals surface area (Å²) < 4.78 is 0. The van der Waals surface area contributed by atoms with E-state index in [1.54, 1.807) is 42.5 Å². The lowest BCUT2D eigenvalue weighted by Gasteiger charge is -2.04. The number of hydrogen-bond acceptors (Lipinski definition) is 5. The highest BCUT2D eigenvalue weighted by Crippen LogP contribution is 2.13. The zero-order valence-electron chi connectivity index (χ0n) is 11.6. The Kier molecular flexibility index (Phi) is 4.63. The van der Waals surface area contributed by atoms with Crippen LogP contribution in [0.15, 0.2) is 59.7 Å². The van der Waals surface area contributed by atoms with Gasteiger partial charge >= 0.3 is 0 Å². The Morgan fingerprint density at radius 3 is 2.23 bits per heavy atom. The number of hydrazone groups is 1. The minimum Gasteiger partial charge on any atom is -0.382 e. The summed E-state index contributed by atoms with van der Waals surface area (Å²) in [5.74, 6) is -0.483. The maximum Gasteiger partial charge on any atom is 0.201 e. The number of nitrogens with zero attached hydrogens (tertiary/aromatic N) is 2. The van der Waals surface area contributed by atoms with Gasteiger partial charge in [0.2, 0.25) is 5.71 Å². The molecule has 0 bridgehead atoms. The van der Waals surface area contributed by atoms with Crippen LogP contribution in [0.25, 0.3) is 0 Å². The van der Waals surface area contributed by atoms with Crippen LogP contribution in [0.5, 0.6) is 0 Å². The molecule has 6 nitrogen and oxygen atoms in total. The van der Waals surface area contributed by atoms with Crippen molar-refractivity contribution in [2.45, 2.75) is 0 Å². The number of carbonyl (C=O) groups is 1. The van der Waals surface area contributed by atoms with Crippen molar-refractivity contribution < 1.29 is 4.79 Å². The van der Waals surface area contributed by atoms with E-state index in [0.717, 1.165) is 0 Å². The van der Waals surface area contributed by atoms with Crippen molar-refractivity contribution in [3.8, 4) is 6.07 Å². The lowest BCUT2D eigenvalue weighted by atomic mass is 10.0. The number of carbonyl (C=O) groups excluding carboxylic acids is 1. The predicted octanol–water partition coefficient (Wildman–Crippen LogP) is 2.15. The molecule has 0 atom stereocenters. The summed E-state index contributed by atoms with van der Waals surface area (Å²) in [6.45, 7) is 0. The van der Waals surface area contributed by atoms with Gasteiger partial charge in [-0.05, 0) is 24.3 Å². The molecule has 108 valence electrons. The first kappa shape index (κ1) is 14.9. The van der Waals surface area contributed by atoms with Crippen molar-refractivity contribution in [1.82, 2.24) is 0 Å². The molecule has 2 aromatic carbocycles. The number of ketones is 1. The molecule has 0 aliphatic carbocycles. The van der Waals surface area contributed by atoms with Crippen molar-refractivity contribution in [3.05, 3.63) is 65.7 Å². The Balaban J connectivity index is 2.13. The van der Waals surface area contributed by atoms with E-state index in [9.17, 15) is 4.79 Å². The standard InChI is InChI=1S/C16H13N5O/c17-10-14(16(18)19)21-20-13-8-6-12(7-9-13)15(22)11-4-2-1-3-5-11/h1-9,20H,(H3,18,19)/b21-14+. The number of rotatable bonds is 5. The van der Waals surface area contributed by atoms with Crippen molar-refractivity contribution >= 4 is 23.0 Å². The molecule has 2 rings (SSSR count). The topological polar surface area (TPSA) is 115 Å². The van der Waals surface area contributed by atoms with Crippen LogP contribution >= 0.6 is 0 Å². The summed E-state index contributed by atoms with van der Waals surface area (Å²) in [6, 6.07) is 17.3. The van der Waals surface area contributed by atoms with Gasteiger partial charge in [0, 0.05) is 11.1 Å². The van der Waals surface area contributed by atoms with E-state index in [-0.39, 0.29) is 11.5 Å². The Hall–Kier alpha value is -3.46. The van der Waals surface area contributed by atoms with Gasteiger partial charge in [-0.15, -0.1) is 0 Å². The molecule has 4 N–H and O–H groups in total. The van der Waals surface area contributed by atoms with Gasteiger partial charge in [0.05, 0.1) is 5.69 Å². The smallest absolute Gasteiger partial charge is 0.201 e. The van der Waals surface area contributed by atoms with Gasteiger partial charge in [0.25, 0.3) is 0 Å². The highest BCUT2D eigenvalue weighted by Gasteiger charge is 2.08. The van der Waals surface area contributed by atoms with Crippen LogP contribution in [-0.2, 0) is 0 Å². The van der Waals surface area contributed by atoms with E-state index in [2.05, 4.69) is 10.5 Å². The van der Waals surface area contributed by atoms with Gasteiger partial charge < -0.3 is 5.73 Å². The highest BCUT2D eigenvalue weighted by molar-refractivity contribution is 6.45. The predicted molar refractivity (Wildman–Crippen MR) is 84.9 cm³/mol. The van der Waals surface area contributed by atoms with E-state index in [1.165, 1.54) is 0 Å². The Labute approximate surface area is 127 Å². The molecule has 0 saturated heterocycles. The van der Waals surface area contributed by atoms with E-state index in [1.807, 2.05) is 18.2 Å². The second kappa shape index (κ2) is 6.81. The van der Waals surface area contributed by atoms with Crippen molar-refractivity contribution in [2.24, 2.45) is 10.8 Å². The lowest BCUT2D eigenvalue weighted by Crippen LogP contribution is -2.21. The first-order valence-electron chi connectivity index (χ1n) is 6.40. The number of nitrogens with one attached hydrogen (secondary N) is 2. The first-order chi connectivity index (χ1) is 10.6. The number of nitriles is 1. The largest absolute Gasteiger partial charge is 0.382 e. The fraction of sp³-hybridized carbons (Fsp3) is 0. The minimum atomic E-state index is -0.411. The summed E-state index contributed by atoms with van der Waals surface area (Å²) in [4.78, 5) is 12.2. The van der Waals surface area contributed by atoms with Gasteiger partial charge in [0.1, 0.15) is 6.07 Å². The SMILES string of the molecule is N#C/C(=N\Nc1ccc(C(=O)c2ccccc2)cc1)C(=N)N.